The van der Waals surface area contributed by atoms with Crippen LogP contribution in [0.3, 0.4) is 0 Å². The average Bonchev–Trinajstić information content (AvgIpc) is 2.43. The largest absolute Gasteiger partial charge is 0.464 e. The van der Waals surface area contributed by atoms with Crippen LogP contribution in [0.4, 0.5) is 8.78 Å². The molecule has 0 bridgehead atoms. The summed E-state index contributed by atoms with van der Waals surface area (Å²) in [6.07, 6.45) is -2.80. The van der Waals surface area contributed by atoms with Gasteiger partial charge in [-0.15, -0.1) is 0 Å². The molecule has 0 aliphatic heterocycles. The molecule has 0 amide bonds. The van der Waals surface area contributed by atoms with Crippen molar-refractivity contribution in [3.63, 3.8) is 0 Å². The minimum absolute atomic E-state index is 0.160. The van der Waals surface area contributed by atoms with Crippen molar-refractivity contribution in [2.24, 2.45) is 7.05 Å². The zero-order valence-corrected chi connectivity index (χ0v) is 9.01. The molecule has 0 N–H and O–H groups in total. The second-order valence-electron chi connectivity index (χ2n) is 2.47. The summed E-state index contributed by atoms with van der Waals surface area (Å²) in [6, 6.07) is 0. The summed E-state index contributed by atoms with van der Waals surface area (Å²) in [6.45, 7) is 0. The van der Waals surface area contributed by atoms with Crippen LogP contribution in [0.1, 0.15) is 22.6 Å². The minimum atomic E-state index is -2.80. The zero-order chi connectivity index (χ0) is 10.9. The number of imidazole rings is 1. The lowest BCUT2D eigenvalue weighted by Crippen LogP contribution is -2.10. The quantitative estimate of drug-likeness (QED) is 0.770. The first-order valence-electron chi connectivity index (χ1n) is 3.57. The summed E-state index contributed by atoms with van der Waals surface area (Å²) in [5, 5.41) is 0. The standard InChI is InChI=1S/C7H7BrF2N2O2/c1-12-4(6(13)14-2)3(5(9)10)11-7(12)8/h5H,1-2H3. The predicted octanol–water partition coefficient (Wildman–Crippen LogP) is 1.91. The van der Waals surface area contributed by atoms with E-state index < -0.39 is 18.1 Å². The Kier molecular flexibility index (Phi) is 3.20. The fourth-order valence-electron chi connectivity index (χ4n) is 0.982. The van der Waals surface area contributed by atoms with Gasteiger partial charge < -0.3 is 9.30 Å². The molecule has 0 aromatic carbocycles. The smallest absolute Gasteiger partial charge is 0.356 e. The summed E-state index contributed by atoms with van der Waals surface area (Å²) < 4.78 is 30.6. The van der Waals surface area contributed by atoms with Crippen molar-refractivity contribution >= 4 is 21.9 Å². The maximum Gasteiger partial charge on any atom is 0.356 e. The number of aromatic nitrogens is 2. The van der Waals surface area contributed by atoms with E-state index in [1.807, 2.05) is 0 Å². The highest BCUT2D eigenvalue weighted by atomic mass is 79.9. The summed E-state index contributed by atoms with van der Waals surface area (Å²) >= 11 is 2.94. The van der Waals surface area contributed by atoms with Gasteiger partial charge in [-0.1, -0.05) is 0 Å². The van der Waals surface area contributed by atoms with Crippen LogP contribution < -0.4 is 0 Å². The van der Waals surface area contributed by atoms with Gasteiger partial charge in [0.05, 0.1) is 7.11 Å². The molecule has 1 aromatic heterocycles. The molecule has 0 saturated carbocycles. The van der Waals surface area contributed by atoms with E-state index in [4.69, 9.17) is 0 Å². The molecule has 0 aliphatic carbocycles. The van der Waals surface area contributed by atoms with Crippen molar-refractivity contribution in [2.45, 2.75) is 6.43 Å². The van der Waals surface area contributed by atoms with Crippen molar-refractivity contribution in [3.8, 4) is 0 Å². The third-order valence-electron chi connectivity index (χ3n) is 1.65. The highest BCUT2D eigenvalue weighted by molar-refractivity contribution is 9.10. The van der Waals surface area contributed by atoms with E-state index in [0.717, 1.165) is 7.11 Å². The van der Waals surface area contributed by atoms with Crippen LogP contribution in [0, 0.1) is 0 Å². The fraction of sp³-hybridized carbons (Fsp3) is 0.429. The molecule has 78 valence electrons. The maximum absolute atomic E-state index is 12.4. The van der Waals surface area contributed by atoms with Gasteiger partial charge in [-0.25, -0.2) is 18.6 Å². The first kappa shape index (κ1) is 11.1. The number of rotatable bonds is 2. The summed E-state index contributed by atoms with van der Waals surface area (Å²) in [5.74, 6) is -0.832. The number of carbonyl (C=O) groups excluding carboxylic acids is 1. The molecule has 0 spiro atoms. The van der Waals surface area contributed by atoms with Gasteiger partial charge >= 0.3 is 5.97 Å². The van der Waals surface area contributed by atoms with Gasteiger partial charge in [0.15, 0.2) is 10.4 Å². The molecular weight excluding hydrogens is 262 g/mol. The van der Waals surface area contributed by atoms with Crippen LogP contribution >= 0.6 is 15.9 Å². The number of ether oxygens (including phenoxy) is 1. The van der Waals surface area contributed by atoms with Gasteiger partial charge in [-0.05, 0) is 15.9 Å². The SMILES string of the molecule is COC(=O)c1c(C(F)F)nc(Br)n1C. The Bertz CT molecular complexity index is 365. The topological polar surface area (TPSA) is 44.1 Å². The molecular formula is C7H7BrF2N2O2. The van der Waals surface area contributed by atoms with Gasteiger partial charge in [-0.3, -0.25) is 0 Å². The van der Waals surface area contributed by atoms with E-state index in [2.05, 4.69) is 25.7 Å². The fourth-order valence-corrected chi connectivity index (χ4v) is 1.35. The van der Waals surface area contributed by atoms with Crippen LogP contribution in [-0.2, 0) is 11.8 Å². The molecule has 0 saturated heterocycles. The van der Waals surface area contributed by atoms with Crippen molar-refractivity contribution in [3.05, 3.63) is 16.1 Å². The lowest BCUT2D eigenvalue weighted by Gasteiger charge is -2.02. The third-order valence-corrected chi connectivity index (χ3v) is 2.36. The number of carbonyl (C=O) groups is 1. The van der Waals surface area contributed by atoms with E-state index >= 15 is 0 Å². The van der Waals surface area contributed by atoms with E-state index in [1.165, 1.54) is 11.6 Å². The van der Waals surface area contributed by atoms with Gasteiger partial charge in [0, 0.05) is 7.05 Å². The molecule has 7 heteroatoms. The first-order valence-corrected chi connectivity index (χ1v) is 4.37. The van der Waals surface area contributed by atoms with Crippen molar-refractivity contribution < 1.29 is 18.3 Å². The van der Waals surface area contributed by atoms with Gasteiger partial charge in [0.1, 0.15) is 5.69 Å². The van der Waals surface area contributed by atoms with E-state index in [9.17, 15) is 13.6 Å². The highest BCUT2D eigenvalue weighted by Crippen LogP contribution is 2.25. The Hall–Kier alpha value is -0.980. The normalized spacial score (nSPS) is 10.7. The Morgan fingerprint density at radius 3 is 2.64 bits per heavy atom. The molecule has 0 fully saturated rings. The molecule has 1 rings (SSSR count). The molecule has 1 heterocycles. The molecule has 0 unspecified atom stereocenters. The lowest BCUT2D eigenvalue weighted by molar-refractivity contribution is 0.0576. The van der Waals surface area contributed by atoms with E-state index in [1.54, 1.807) is 0 Å². The molecule has 0 radical (unpaired) electrons. The maximum atomic E-state index is 12.4. The third kappa shape index (κ3) is 1.77. The summed E-state index contributed by atoms with van der Waals surface area (Å²) in [7, 11) is 2.56. The van der Waals surface area contributed by atoms with Crippen LogP contribution in [0.2, 0.25) is 0 Å². The second kappa shape index (κ2) is 4.04. The molecule has 0 aliphatic rings. The Labute approximate surface area is 87.0 Å². The van der Waals surface area contributed by atoms with E-state index in [0.29, 0.717) is 0 Å². The Balaban J connectivity index is 3.30. The zero-order valence-electron chi connectivity index (χ0n) is 7.42. The minimum Gasteiger partial charge on any atom is -0.464 e. The number of esters is 1. The van der Waals surface area contributed by atoms with E-state index in [-0.39, 0.29) is 10.4 Å². The van der Waals surface area contributed by atoms with Crippen LogP contribution in [0.25, 0.3) is 0 Å². The first-order chi connectivity index (χ1) is 6.49. The number of halogens is 3. The van der Waals surface area contributed by atoms with Gasteiger partial charge in [0.2, 0.25) is 0 Å². The second-order valence-corrected chi connectivity index (χ2v) is 3.18. The average molecular weight is 269 g/mol. The molecule has 1 aromatic rings. The Morgan fingerprint density at radius 1 is 1.64 bits per heavy atom. The summed E-state index contributed by atoms with van der Waals surface area (Å²) in [4.78, 5) is 14.6. The van der Waals surface area contributed by atoms with Gasteiger partial charge in [-0.2, -0.15) is 0 Å². The van der Waals surface area contributed by atoms with Crippen molar-refractivity contribution in [1.29, 1.82) is 0 Å². The van der Waals surface area contributed by atoms with Gasteiger partial charge in [0.25, 0.3) is 6.43 Å². The Morgan fingerprint density at radius 2 is 2.21 bits per heavy atom. The number of hydrogen-bond acceptors (Lipinski definition) is 3. The molecule has 4 nitrogen and oxygen atoms in total. The highest BCUT2D eigenvalue weighted by Gasteiger charge is 2.26. The predicted molar refractivity (Wildman–Crippen MR) is 47.2 cm³/mol. The van der Waals surface area contributed by atoms with Crippen LogP contribution in [0.5, 0.6) is 0 Å². The van der Waals surface area contributed by atoms with Crippen molar-refractivity contribution in [2.75, 3.05) is 7.11 Å². The number of hydrogen-bond donors (Lipinski definition) is 0. The number of alkyl halides is 2. The summed E-state index contributed by atoms with van der Waals surface area (Å²) in [5.41, 5.74) is -0.819. The van der Waals surface area contributed by atoms with Crippen LogP contribution in [-0.4, -0.2) is 22.6 Å². The lowest BCUT2D eigenvalue weighted by atomic mass is 10.3. The number of nitrogens with zero attached hydrogens (tertiary/aromatic N) is 2. The monoisotopic (exact) mass is 268 g/mol. The molecule has 14 heavy (non-hydrogen) atoms. The molecule has 0 atom stereocenters. The van der Waals surface area contributed by atoms with Crippen molar-refractivity contribution in [1.82, 2.24) is 9.55 Å². The number of methoxy groups -OCH3 is 1. The van der Waals surface area contributed by atoms with Crippen LogP contribution in [0.15, 0.2) is 4.73 Å².